The van der Waals surface area contributed by atoms with Crippen molar-refractivity contribution in [2.45, 2.75) is 74.2 Å². The van der Waals surface area contributed by atoms with E-state index in [1.54, 1.807) is 30.9 Å². The Bertz CT molecular complexity index is 1450. The minimum absolute atomic E-state index is 0.0904. The minimum atomic E-state index is -4.03. The maximum atomic E-state index is 13.5. The topological polar surface area (TPSA) is 120 Å². The fraction of sp³-hybridized carbons (Fsp3) is 0.394. The molecule has 1 saturated heterocycles. The Hall–Kier alpha value is -4.03. The lowest BCUT2D eigenvalue weighted by Gasteiger charge is -2.30. The molecule has 2 amide bonds. The molecule has 0 saturated carbocycles. The second kappa shape index (κ2) is 13.8. The number of pyridine rings is 1. The fourth-order valence-corrected chi connectivity index (χ4v) is 7.69. The van der Waals surface area contributed by atoms with Gasteiger partial charge in [0, 0.05) is 19.2 Å². The highest BCUT2D eigenvalue weighted by Gasteiger charge is 2.48. The maximum Gasteiger partial charge on any atom is 0.243 e. The van der Waals surface area contributed by atoms with Gasteiger partial charge in [0.15, 0.2) is 9.77 Å². The van der Waals surface area contributed by atoms with Crippen molar-refractivity contribution in [3.8, 4) is 6.07 Å². The van der Waals surface area contributed by atoms with Crippen LogP contribution in [0, 0.1) is 17.2 Å². The van der Waals surface area contributed by atoms with Gasteiger partial charge in [0.05, 0.1) is 12.1 Å². The summed E-state index contributed by atoms with van der Waals surface area (Å²) in [5.74, 6) is -0.800. The monoisotopic (exact) mass is 586 g/mol. The van der Waals surface area contributed by atoms with Gasteiger partial charge in [-0.2, -0.15) is 5.26 Å². The summed E-state index contributed by atoms with van der Waals surface area (Å²) in [5, 5.41) is 13.1. The molecule has 1 aliphatic heterocycles. The molecule has 3 aromatic rings. The van der Waals surface area contributed by atoms with Crippen LogP contribution in [-0.2, 0) is 19.4 Å². The summed E-state index contributed by atoms with van der Waals surface area (Å²) in [7, 11) is -4.03. The quantitative estimate of drug-likeness (QED) is 0.290. The molecule has 2 atom stereocenters. The van der Waals surface area contributed by atoms with E-state index in [1.807, 2.05) is 60.7 Å². The van der Waals surface area contributed by atoms with Crippen molar-refractivity contribution < 1.29 is 18.0 Å². The third kappa shape index (κ3) is 6.55. The van der Waals surface area contributed by atoms with Gasteiger partial charge in [-0.15, -0.1) is 0 Å². The largest absolute Gasteiger partial charge is 0.343 e. The Labute approximate surface area is 248 Å². The summed E-state index contributed by atoms with van der Waals surface area (Å²) in [5.41, 5.74) is 1.92. The van der Waals surface area contributed by atoms with E-state index < -0.39 is 26.5 Å². The number of hydrogen-bond acceptors (Lipinski definition) is 6. The van der Waals surface area contributed by atoms with E-state index >= 15 is 0 Å². The van der Waals surface area contributed by atoms with Crippen molar-refractivity contribution in [2.75, 3.05) is 6.54 Å². The van der Waals surface area contributed by atoms with Crippen molar-refractivity contribution >= 4 is 21.7 Å². The van der Waals surface area contributed by atoms with Gasteiger partial charge in [-0.1, -0.05) is 87.0 Å². The normalized spacial score (nSPS) is 16.6. The zero-order chi connectivity index (χ0) is 30.2. The molecule has 0 aliphatic carbocycles. The van der Waals surface area contributed by atoms with E-state index in [9.17, 15) is 23.3 Å². The summed E-state index contributed by atoms with van der Waals surface area (Å²) in [6.07, 6.45) is 3.77. The van der Waals surface area contributed by atoms with E-state index in [0.29, 0.717) is 25.8 Å². The Morgan fingerprint density at radius 1 is 1.00 bits per heavy atom. The number of aromatic nitrogens is 1. The third-order valence-corrected chi connectivity index (χ3v) is 10.6. The van der Waals surface area contributed by atoms with Crippen LogP contribution in [0.3, 0.4) is 0 Å². The first-order valence-corrected chi connectivity index (χ1v) is 16.0. The number of rotatable bonds is 12. The van der Waals surface area contributed by atoms with Crippen molar-refractivity contribution in [1.29, 1.82) is 5.26 Å². The molecule has 1 aromatic heterocycles. The van der Waals surface area contributed by atoms with Crippen molar-refractivity contribution in [2.24, 2.45) is 5.92 Å². The van der Waals surface area contributed by atoms with Crippen LogP contribution in [-0.4, -0.2) is 47.4 Å². The molecule has 2 heterocycles. The SMILES string of the molecule is CC(C)C(C#N)(CCCCC(=O)N1CCC[C@@H]1C(=O)NC(c1ccccc1)c1ccccc1)S(=O)(=O)c1ccccn1. The highest BCUT2D eigenvalue weighted by atomic mass is 32.2. The lowest BCUT2D eigenvalue weighted by molar-refractivity contribution is -0.138. The second-order valence-corrected chi connectivity index (χ2v) is 13.2. The van der Waals surface area contributed by atoms with E-state index in [0.717, 1.165) is 17.5 Å². The first-order chi connectivity index (χ1) is 20.2. The first kappa shape index (κ1) is 30.9. The summed E-state index contributed by atoms with van der Waals surface area (Å²) < 4.78 is 25.3. The number of carbonyl (C=O) groups is 2. The predicted octanol–water partition coefficient (Wildman–Crippen LogP) is 5.23. The summed E-state index contributed by atoms with van der Waals surface area (Å²) in [6, 6.07) is 25.3. The molecule has 1 N–H and O–H groups in total. The molecule has 0 radical (unpaired) electrons. The van der Waals surface area contributed by atoms with E-state index in [4.69, 9.17) is 0 Å². The Balaban J connectivity index is 1.40. The second-order valence-electron chi connectivity index (χ2n) is 11.0. The molecule has 1 unspecified atom stereocenters. The average molecular weight is 587 g/mol. The van der Waals surface area contributed by atoms with Crippen LogP contribution in [0.4, 0.5) is 0 Å². The number of hydrogen-bond donors (Lipinski definition) is 1. The van der Waals surface area contributed by atoms with Crippen molar-refractivity contribution in [3.05, 3.63) is 96.2 Å². The molecule has 9 heteroatoms. The number of nitrogens with one attached hydrogen (secondary N) is 1. The number of amides is 2. The zero-order valence-electron chi connectivity index (χ0n) is 24.1. The Morgan fingerprint density at radius 2 is 1.62 bits per heavy atom. The van der Waals surface area contributed by atoms with Gasteiger partial charge < -0.3 is 10.2 Å². The molecular formula is C33H38N4O4S. The third-order valence-electron chi connectivity index (χ3n) is 8.13. The number of likely N-dealkylation sites (tertiary alicyclic amines) is 1. The van der Waals surface area contributed by atoms with Crippen LogP contribution in [0.25, 0.3) is 0 Å². The van der Waals surface area contributed by atoms with Crippen LogP contribution < -0.4 is 5.32 Å². The van der Waals surface area contributed by atoms with Gasteiger partial charge in [0.25, 0.3) is 0 Å². The number of nitriles is 1. The Kier molecular flexibility index (Phi) is 10.1. The van der Waals surface area contributed by atoms with Gasteiger partial charge in [-0.05, 0) is 54.9 Å². The highest BCUT2D eigenvalue weighted by molar-refractivity contribution is 7.93. The van der Waals surface area contributed by atoms with E-state index in [1.165, 1.54) is 12.3 Å². The molecule has 1 aliphatic rings. The first-order valence-electron chi connectivity index (χ1n) is 14.5. The smallest absolute Gasteiger partial charge is 0.243 e. The molecule has 1 fully saturated rings. The van der Waals surface area contributed by atoms with Crippen LogP contribution >= 0.6 is 0 Å². The number of nitrogens with zero attached hydrogens (tertiary/aromatic N) is 3. The standard InChI is InChI=1S/C33H38N4O4S/c1-25(2)33(24-34,42(40,41)29-19-10-12-22-35-29)21-11-9-20-30(38)37-23-13-18-28(37)32(39)36-31(26-14-5-3-6-15-26)27-16-7-4-8-17-27/h3-8,10,12,14-17,19,22,25,28,31H,9,11,13,18,20-21,23H2,1-2H3,(H,36,39)/t28-,33?/m1/s1. The lowest BCUT2D eigenvalue weighted by atomic mass is 9.90. The van der Waals surface area contributed by atoms with Crippen molar-refractivity contribution in [1.82, 2.24) is 15.2 Å². The molecule has 2 aromatic carbocycles. The summed E-state index contributed by atoms with van der Waals surface area (Å²) in [4.78, 5) is 32.5. The van der Waals surface area contributed by atoms with Gasteiger partial charge in [0.2, 0.25) is 21.7 Å². The number of carbonyl (C=O) groups excluding carboxylic acids is 2. The van der Waals surface area contributed by atoms with E-state index in [2.05, 4.69) is 16.4 Å². The highest BCUT2D eigenvalue weighted by Crippen LogP contribution is 2.36. The minimum Gasteiger partial charge on any atom is -0.343 e. The number of benzene rings is 2. The lowest BCUT2D eigenvalue weighted by Crippen LogP contribution is -2.47. The van der Waals surface area contributed by atoms with Crippen molar-refractivity contribution in [3.63, 3.8) is 0 Å². The van der Waals surface area contributed by atoms with Crippen LogP contribution in [0.5, 0.6) is 0 Å². The van der Waals surface area contributed by atoms with Gasteiger partial charge in [0.1, 0.15) is 6.04 Å². The summed E-state index contributed by atoms with van der Waals surface area (Å²) in [6.45, 7) is 3.95. The number of sulfone groups is 1. The van der Waals surface area contributed by atoms with Gasteiger partial charge >= 0.3 is 0 Å². The van der Waals surface area contributed by atoms with Crippen LogP contribution in [0.2, 0.25) is 0 Å². The molecule has 0 bridgehead atoms. The molecular weight excluding hydrogens is 548 g/mol. The Morgan fingerprint density at radius 3 is 2.17 bits per heavy atom. The average Bonchev–Trinajstić information content (AvgIpc) is 3.51. The fourth-order valence-electron chi connectivity index (χ4n) is 5.70. The van der Waals surface area contributed by atoms with Crippen LogP contribution in [0.1, 0.15) is 69.5 Å². The van der Waals surface area contributed by atoms with Gasteiger partial charge in [-0.3, -0.25) is 9.59 Å². The molecule has 4 rings (SSSR count). The molecule has 0 spiro atoms. The molecule has 8 nitrogen and oxygen atoms in total. The predicted molar refractivity (Wildman–Crippen MR) is 161 cm³/mol. The van der Waals surface area contributed by atoms with Gasteiger partial charge in [-0.25, -0.2) is 13.4 Å². The zero-order valence-corrected chi connectivity index (χ0v) is 25.0. The van der Waals surface area contributed by atoms with E-state index in [-0.39, 0.29) is 35.7 Å². The number of unbranched alkanes of at least 4 members (excludes halogenated alkanes) is 1. The maximum absolute atomic E-state index is 13.5. The summed E-state index contributed by atoms with van der Waals surface area (Å²) >= 11 is 0. The molecule has 220 valence electrons. The van der Waals surface area contributed by atoms with Crippen LogP contribution in [0.15, 0.2) is 90.1 Å². The molecule has 42 heavy (non-hydrogen) atoms.